The van der Waals surface area contributed by atoms with Crippen molar-refractivity contribution in [2.75, 3.05) is 13.7 Å². The minimum absolute atomic E-state index is 0.0969. The van der Waals surface area contributed by atoms with E-state index in [2.05, 4.69) is 21.9 Å². The molecular formula is C33H43N5O7S. The van der Waals surface area contributed by atoms with E-state index in [0.717, 1.165) is 30.0 Å². The lowest BCUT2D eigenvalue weighted by atomic mass is 9.88. The average molecular weight is 654 g/mol. The fourth-order valence-corrected chi connectivity index (χ4v) is 8.19. The Balaban J connectivity index is 1.29. The number of hydrogen-bond donors (Lipinski definition) is 3. The number of rotatable bonds is 6. The minimum Gasteiger partial charge on any atom is -0.497 e. The van der Waals surface area contributed by atoms with Crippen LogP contribution in [-0.4, -0.2) is 78.7 Å². The molecule has 3 heterocycles. The molecule has 1 saturated heterocycles. The van der Waals surface area contributed by atoms with E-state index in [1.165, 1.54) is 4.90 Å². The Morgan fingerprint density at radius 1 is 1.15 bits per heavy atom. The second-order valence-electron chi connectivity index (χ2n) is 13.5. The number of carbonyl (C=O) groups excluding carboxylic acids is 3. The number of carbonyl (C=O) groups is 3. The third-order valence-electron chi connectivity index (χ3n) is 9.89. The molecule has 2 aliphatic carbocycles. The smallest absolute Gasteiger partial charge is 0.259 e. The van der Waals surface area contributed by atoms with Gasteiger partial charge in [0.05, 0.1) is 24.9 Å². The van der Waals surface area contributed by atoms with Crippen molar-refractivity contribution in [2.24, 2.45) is 23.5 Å². The maximum Gasteiger partial charge on any atom is 0.259 e. The number of ether oxygens (including phenoxy) is 2. The summed E-state index contributed by atoms with van der Waals surface area (Å²) in [6.45, 7) is 4.17. The molecule has 0 bridgehead atoms. The number of benzene rings is 1. The van der Waals surface area contributed by atoms with E-state index in [1.54, 1.807) is 13.3 Å². The molecule has 6 rings (SSSR count). The Hall–Kier alpha value is -3.71. The molecule has 46 heavy (non-hydrogen) atoms. The number of sulfonamides is 1. The minimum atomic E-state index is -3.83. The van der Waals surface area contributed by atoms with Crippen molar-refractivity contribution >= 4 is 38.5 Å². The van der Waals surface area contributed by atoms with Gasteiger partial charge in [0, 0.05) is 23.9 Å². The number of nitrogens with one attached hydrogen (secondary N) is 2. The maximum absolute atomic E-state index is 14.1. The molecule has 3 fully saturated rings. The van der Waals surface area contributed by atoms with Crippen LogP contribution in [0.2, 0.25) is 0 Å². The number of allylic oxidation sites excluding steroid dienone is 1. The van der Waals surface area contributed by atoms with Crippen LogP contribution in [0.1, 0.15) is 58.8 Å². The molecule has 248 valence electrons. The maximum atomic E-state index is 14.1. The lowest BCUT2D eigenvalue weighted by Gasteiger charge is -2.30. The summed E-state index contributed by atoms with van der Waals surface area (Å²) in [5.74, 6) is -0.821. The average Bonchev–Trinajstić information content (AvgIpc) is 3.95. The summed E-state index contributed by atoms with van der Waals surface area (Å²) in [6, 6.07) is 5.55. The molecule has 0 radical (unpaired) electrons. The molecule has 3 amide bonds. The first-order chi connectivity index (χ1) is 21.9. The van der Waals surface area contributed by atoms with E-state index < -0.39 is 50.8 Å². The van der Waals surface area contributed by atoms with Crippen LogP contribution in [0.5, 0.6) is 11.6 Å². The van der Waals surface area contributed by atoms with E-state index in [0.29, 0.717) is 30.4 Å². The number of nitrogens with two attached hydrogens (primary N) is 1. The summed E-state index contributed by atoms with van der Waals surface area (Å²) < 4.78 is 39.3. The van der Waals surface area contributed by atoms with Gasteiger partial charge in [0.25, 0.3) is 5.91 Å². The summed E-state index contributed by atoms with van der Waals surface area (Å²) in [4.78, 5) is 47.5. The number of pyridine rings is 1. The molecular weight excluding hydrogens is 610 g/mol. The van der Waals surface area contributed by atoms with Gasteiger partial charge in [-0.3, -0.25) is 19.1 Å². The van der Waals surface area contributed by atoms with E-state index in [4.69, 9.17) is 15.2 Å². The number of nitrogens with zero attached hydrogens (tertiary/aromatic N) is 2. The second-order valence-corrected chi connectivity index (χ2v) is 15.4. The summed E-state index contributed by atoms with van der Waals surface area (Å²) in [6.07, 6.45) is 8.69. The van der Waals surface area contributed by atoms with Crippen LogP contribution in [0.15, 0.2) is 42.6 Å². The fourth-order valence-electron chi connectivity index (χ4n) is 6.82. The highest BCUT2D eigenvalue weighted by Crippen LogP contribution is 2.46. The predicted octanol–water partition coefficient (Wildman–Crippen LogP) is 2.41. The summed E-state index contributed by atoms with van der Waals surface area (Å²) in [5, 5.41) is 3.91. The Kier molecular flexibility index (Phi) is 8.75. The van der Waals surface area contributed by atoms with Gasteiger partial charge in [-0.05, 0) is 80.0 Å². The van der Waals surface area contributed by atoms with Crippen molar-refractivity contribution in [1.82, 2.24) is 19.9 Å². The van der Waals surface area contributed by atoms with Crippen LogP contribution in [0.25, 0.3) is 10.8 Å². The largest absolute Gasteiger partial charge is 0.497 e. The quantitative estimate of drug-likeness (QED) is 0.396. The lowest BCUT2D eigenvalue weighted by molar-refractivity contribution is -0.141. The van der Waals surface area contributed by atoms with Gasteiger partial charge in [-0.2, -0.15) is 0 Å². The van der Waals surface area contributed by atoms with Gasteiger partial charge in [-0.25, -0.2) is 13.4 Å². The number of aromatic nitrogens is 1. The van der Waals surface area contributed by atoms with Gasteiger partial charge in [0.1, 0.15) is 23.4 Å². The highest BCUT2D eigenvalue weighted by molar-refractivity contribution is 7.91. The number of methoxy groups -OCH3 is 1. The zero-order valence-electron chi connectivity index (χ0n) is 26.5. The van der Waals surface area contributed by atoms with E-state index in [9.17, 15) is 22.8 Å². The number of fused-ring (bicyclic) bond motifs is 3. The van der Waals surface area contributed by atoms with Gasteiger partial charge in [-0.15, -0.1) is 0 Å². The van der Waals surface area contributed by atoms with Crippen molar-refractivity contribution in [2.45, 2.75) is 87.8 Å². The van der Waals surface area contributed by atoms with Crippen LogP contribution < -0.4 is 25.2 Å². The van der Waals surface area contributed by atoms with Gasteiger partial charge >= 0.3 is 0 Å². The van der Waals surface area contributed by atoms with Crippen LogP contribution in [0, 0.1) is 17.8 Å². The van der Waals surface area contributed by atoms with Crippen molar-refractivity contribution in [3.63, 3.8) is 0 Å². The topological polar surface area (TPSA) is 170 Å². The van der Waals surface area contributed by atoms with E-state index in [-0.39, 0.29) is 37.1 Å². The Labute approximate surface area is 269 Å². The molecule has 2 aliphatic heterocycles. The van der Waals surface area contributed by atoms with Gasteiger partial charge in [0.2, 0.25) is 27.7 Å². The van der Waals surface area contributed by atoms with Crippen LogP contribution in [-0.2, 0) is 24.4 Å². The molecule has 13 heteroatoms. The Morgan fingerprint density at radius 3 is 2.67 bits per heavy atom. The first-order valence-corrected chi connectivity index (χ1v) is 17.7. The first kappa shape index (κ1) is 32.2. The normalized spacial score (nSPS) is 32.0. The molecule has 4 N–H and O–H groups in total. The van der Waals surface area contributed by atoms with Crippen LogP contribution >= 0.6 is 0 Å². The molecule has 1 aromatic heterocycles. The monoisotopic (exact) mass is 653 g/mol. The molecule has 7 atom stereocenters. The third kappa shape index (κ3) is 6.44. The van der Waals surface area contributed by atoms with Gasteiger partial charge in [0.15, 0.2) is 0 Å². The Bertz CT molecular complexity index is 1660. The Morgan fingerprint density at radius 2 is 1.93 bits per heavy atom. The molecule has 2 aromatic rings. The summed E-state index contributed by atoms with van der Waals surface area (Å²) >= 11 is 0. The first-order valence-electron chi connectivity index (χ1n) is 16.1. The van der Waals surface area contributed by atoms with Crippen LogP contribution in [0.4, 0.5) is 0 Å². The standard InChI is InChI=1S/C33H43N5O7S/c1-19-6-4-5-7-22-17-33(22,32(41)37-46(42,43)25-9-10-25)36-29(39)27-16-24(18-38(27)31(40)28(34)20(2)14-19)45-30-26-11-8-23(44-3)15-21(26)12-13-35-30/h5,7-8,11-13,15,19-20,22,24-25,27-28H,4,6,9-10,14,16-18,34H2,1-3H3,(H,36,39)(H,37,41). The van der Waals surface area contributed by atoms with Crippen molar-refractivity contribution < 1.29 is 32.3 Å². The zero-order valence-corrected chi connectivity index (χ0v) is 27.3. The van der Waals surface area contributed by atoms with E-state index in [1.807, 2.05) is 43.3 Å². The van der Waals surface area contributed by atoms with Gasteiger partial charge < -0.3 is 25.4 Å². The SMILES string of the molecule is COc1ccc2c(OC3CC4C(=O)NC5(C(=O)NS(=O)(=O)C6CC6)CC5C=CCCC(C)CC(C)C(N)C(=O)N4C3)nccc2c1. The van der Waals surface area contributed by atoms with Crippen molar-refractivity contribution in [3.05, 3.63) is 42.6 Å². The third-order valence-corrected chi connectivity index (χ3v) is 11.7. The molecule has 2 saturated carbocycles. The highest BCUT2D eigenvalue weighted by Gasteiger charge is 2.62. The summed E-state index contributed by atoms with van der Waals surface area (Å²) in [7, 11) is -2.24. The molecule has 12 nitrogen and oxygen atoms in total. The van der Waals surface area contributed by atoms with Crippen LogP contribution in [0.3, 0.4) is 0 Å². The lowest BCUT2D eigenvalue weighted by Crippen LogP contribution is -2.58. The molecule has 1 aromatic carbocycles. The molecule has 7 unspecified atom stereocenters. The number of hydrogen-bond acceptors (Lipinski definition) is 9. The van der Waals surface area contributed by atoms with Gasteiger partial charge in [-0.1, -0.05) is 26.0 Å². The zero-order chi connectivity index (χ0) is 32.8. The molecule has 0 spiro atoms. The fraction of sp³-hybridized carbons (Fsp3) is 0.576. The van der Waals surface area contributed by atoms with Crippen molar-refractivity contribution in [1.29, 1.82) is 0 Å². The predicted molar refractivity (Wildman–Crippen MR) is 171 cm³/mol. The second kappa shape index (κ2) is 12.5. The van der Waals surface area contributed by atoms with E-state index >= 15 is 0 Å². The van der Waals surface area contributed by atoms with Crippen molar-refractivity contribution in [3.8, 4) is 11.6 Å². The molecule has 4 aliphatic rings. The number of amides is 3. The highest BCUT2D eigenvalue weighted by atomic mass is 32.2. The summed E-state index contributed by atoms with van der Waals surface area (Å²) in [5.41, 5.74) is 5.12.